The molecule has 0 saturated heterocycles. The highest BCUT2D eigenvalue weighted by molar-refractivity contribution is 5.42. The zero-order valence-corrected chi connectivity index (χ0v) is 10.7. The maximum Gasteiger partial charge on any atom is 0.125 e. The van der Waals surface area contributed by atoms with Crippen LogP contribution >= 0.6 is 0 Å². The first-order valence-electron chi connectivity index (χ1n) is 6.80. The van der Waals surface area contributed by atoms with Gasteiger partial charge in [-0.25, -0.2) is 0 Å². The predicted molar refractivity (Wildman–Crippen MR) is 71.5 cm³/mol. The number of hydrogen-bond donors (Lipinski definition) is 1. The topological polar surface area (TPSA) is 35.2 Å². The minimum Gasteiger partial charge on any atom is -0.493 e. The van der Waals surface area contributed by atoms with E-state index in [4.69, 9.17) is 10.5 Å². The van der Waals surface area contributed by atoms with Crippen LogP contribution in [0.15, 0.2) is 18.2 Å². The molecule has 0 radical (unpaired) electrons. The van der Waals surface area contributed by atoms with Crippen LogP contribution < -0.4 is 10.5 Å². The summed E-state index contributed by atoms with van der Waals surface area (Å²) in [5, 5.41) is 0. The molecule has 2 N–H and O–H groups in total. The summed E-state index contributed by atoms with van der Waals surface area (Å²) in [6.07, 6.45) is 6.70. The second kappa shape index (κ2) is 6.06. The first-order chi connectivity index (χ1) is 8.31. The van der Waals surface area contributed by atoms with Crippen LogP contribution in [0.4, 0.5) is 0 Å². The van der Waals surface area contributed by atoms with E-state index in [1.165, 1.54) is 17.5 Å². The highest BCUT2D eigenvalue weighted by atomic mass is 16.5. The van der Waals surface area contributed by atoms with Gasteiger partial charge in [0, 0.05) is 6.04 Å². The van der Waals surface area contributed by atoms with Gasteiger partial charge in [0.05, 0.1) is 6.61 Å². The van der Waals surface area contributed by atoms with E-state index in [2.05, 4.69) is 25.1 Å². The molecule has 1 aliphatic heterocycles. The number of ether oxygens (including phenoxy) is 1. The van der Waals surface area contributed by atoms with Gasteiger partial charge in [-0.15, -0.1) is 0 Å². The van der Waals surface area contributed by atoms with Crippen molar-refractivity contribution in [2.45, 2.75) is 51.5 Å². The molecule has 0 bridgehead atoms. The van der Waals surface area contributed by atoms with Gasteiger partial charge in [0.1, 0.15) is 5.75 Å². The number of para-hydroxylation sites is 1. The molecule has 1 aliphatic rings. The molecule has 0 saturated carbocycles. The van der Waals surface area contributed by atoms with E-state index in [1.807, 2.05) is 0 Å². The number of aryl methyl sites for hydroxylation is 2. The van der Waals surface area contributed by atoms with Crippen molar-refractivity contribution in [3.05, 3.63) is 29.3 Å². The zero-order chi connectivity index (χ0) is 12.1. The van der Waals surface area contributed by atoms with E-state index in [-0.39, 0.29) is 0 Å². The monoisotopic (exact) mass is 233 g/mol. The molecule has 0 amide bonds. The number of nitrogens with two attached hydrogens (primary N) is 1. The fourth-order valence-corrected chi connectivity index (χ4v) is 2.51. The Bertz CT molecular complexity index is 362. The van der Waals surface area contributed by atoms with Gasteiger partial charge in [-0.3, -0.25) is 0 Å². The summed E-state index contributed by atoms with van der Waals surface area (Å²) in [4.78, 5) is 0. The molecule has 1 heterocycles. The molecule has 1 atom stereocenters. The summed E-state index contributed by atoms with van der Waals surface area (Å²) >= 11 is 0. The molecule has 2 rings (SSSR count). The quantitative estimate of drug-likeness (QED) is 0.848. The largest absolute Gasteiger partial charge is 0.493 e. The van der Waals surface area contributed by atoms with Crippen LogP contribution in [-0.4, -0.2) is 12.6 Å². The van der Waals surface area contributed by atoms with Crippen molar-refractivity contribution in [3.63, 3.8) is 0 Å². The van der Waals surface area contributed by atoms with Gasteiger partial charge in [-0.1, -0.05) is 31.5 Å². The molecule has 1 aromatic rings. The molecule has 17 heavy (non-hydrogen) atoms. The van der Waals surface area contributed by atoms with Crippen LogP contribution in [0.5, 0.6) is 5.75 Å². The zero-order valence-electron chi connectivity index (χ0n) is 10.7. The molecular formula is C15H23NO. The Morgan fingerprint density at radius 1 is 1.35 bits per heavy atom. The Morgan fingerprint density at radius 2 is 2.24 bits per heavy atom. The van der Waals surface area contributed by atoms with Crippen molar-refractivity contribution in [3.8, 4) is 5.75 Å². The molecular weight excluding hydrogens is 210 g/mol. The Balaban J connectivity index is 2.01. The van der Waals surface area contributed by atoms with E-state index in [9.17, 15) is 0 Å². The van der Waals surface area contributed by atoms with Gasteiger partial charge in [0.25, 0.3) is 0 Å². The van der Waals surface area contributed by atoms with Crippen molar-refractivity contribution in [1.29, 1.82) is 0 Å². The summed E-state index contributed by atoms with van der Waals surface area (Å²) in [6.45, 7) is 3.05. The van der Waals surface area contributed by atoms with Crippen LogP contribution in [-0.2, 0) is 12.8 Å². The molecule has 94 valence electrons. The van der Waals surface area contributed by atoms with Crippen LogP contribution in [0.25, 0.3) is 0 Å². The lowest BCUT2D eigenvalue weighted by Gasteiger charge is -2.21. The number of hydrogen-bond acceptors (Lipinski definition) is 2. The summed E-state index contributed by atoms with van der Waals surface area (Å²) < 4.78 is 5.81. The Kier molecular flexibility index (Phi) is 4.43. The third-order valence-corrected chi connectivity index (χ3v) is 3.46. The Hall–Kier alpha value is -1.02. The summed E-state index contributed by atoms with van der Waals surface area (Å²) in [5.41, 5.74) is 8.78. The van der Waals surface area contributed by atoms with Crippen LogP contribution in [0.1, 0.15) is 43.7 Å². The molecule has 0 aromatic heterocycles. The van der Waals surface area contributed by atoms with E-state index in [0.717, 1.165) is 44.5 Å². The van der Waals surface area contributed by atoms with Gasteiger partial charge in [-0.2, -0.15) is 0 Å². The summed E-state index contributed by atoms with van der Waals surface area (Å²) in [7, 11) is 0. The van der Waals surface area contributed by atoms with Crippen molar-refractivity contribution in [1.82, 2.24) is 0 Å². The van der Waals surface area contributed by atoms with Crippen molar-refractivity contribution >= 4 is 0 Å². The van der Waals surface area contributed by atoms with Gasteiger partial charge < -0.3 is 10.5 Å². The summed E-state index contributed by atoms with van der Waals surface area (Å²) in [5.74, 6) is 1.14. The molecule has 2 heteroatoms. The van der Waals surface area contributed by atoms with E-state index >= 15 is 0 Å². The average molecular weight is 233 g/mol. The smallest absolute Gasteiger partial charge is 0.125 e. The lowest BCUT2D eigenvalue weighted by atomic mass is 9.97. The maximum atomic E-state index is 6.07. The Labute approximate surface area is 104 Å². The minimum absolute atomic E-state index is 0.333. The Morgan fingerprint density at radius 3 is 3.06 bits per heavy atom. The average Bonchev–Trinajstić information content (AvgIpc) is 2.36. The first kappa shape index (κ1) is 12.4. The molecule has 0 fully saturated rings. The summed E-state index contributed by atoms with van der Waals surface area (Å²) in [6, 6.07) is 6.85. The third kappa shape index (κ3) is 3.22. The lowest BCUT2D eigenvalue weighted by Crippen LogP contribution is -2.20. The van der Waals surface area contributed by atoms with Gasteiger partial charge in [-0.05, 0) is 43.2 Å². The highest BCUT2D eigenvalue weighted by Gasteiger charge is 2.14. The van der Waals surface area contributed by atoms with Crippen LogP contribution in [0, 0.1) is 0 Å². The molecule has 0 aliphatic carbocycles. The van der Waals surface area contributed by atoms with Crippen molar-refractivity contribution in [2.24, 2.45) is 5.73 Å². The SMILES string of the molecule is CCCC(N)CCc1cccc2c1OCCC2. The fourth-order valence-electron chi connectivity index (χ4n) is 2.51. The minimum atomic E-state index is 0.333. The number of fused-ring (bicyclic) bond motifs is 1. The normalized spacial score (nSPS) is 16.1. The molecule has 1 unspecified atom stereocenters. The van der Waals surface area contributed by atoms with Gasteiger partial charge in [0.2, 0.25) is 0 Å². The number of benzene rings is 1. The predicted octanol–water partition coefficient (Wildman–Crippen LogP) is 3.07. The second-order valence-corrected chi connectivity index (χ2v) is 4.94. The van der Waals surface area contributed by atoms with E-state index < -0.39 is 0 Å². The van der Waals surface area contributed by atoms with Crippen molar-refractivity contribution in [2.75, 3.05) is 6.61 Å². The second-order valence-electron chi connectivity index (χ2n) is 4.94. The third-order valence-electron chi connectivity index (χ3n) is 3.46. The molecule has 0 spiro atoms. The first-order valence-corrected chi connectivity index (χ1v) is 6.80. The molecule has 1 aromatic carbocycles. The lowest BCUT2D eigenvalue weighted by molar-refractivity contribution is 0.284. The van der Waals surface area contributed by atoms with Crippen LogP contribution in [0.2, 0.25) is 0 Å². The highest BCUT2D eigenvalue weighted by Crippen LogP contribution is 2.29. The standard InChI is InChI=1S/C15H23NO/c1-2-5-14(16)10-9-13-7-3-6-12-8-4-11-17-15(12)13/h3,6-7,14H,2,4-5,8-11,16H2,1H3. The van der Waals surface area contributed by atoms with Gasteiger partial charge in [0.15, 0.2) is 0 Å². The van der Waals surface area contributed by atoms with Gasteiger partial charge >= 0.3 is 0 Å². The van der Waals surface area contributed by atoms with E-state index in [1.54, 1.807) is 0 Å². The maximum absolute atomic E-state index is 6.07. The fraction of sp³-hybridized carbons (Fsp3) is 0.600. The van der Waals surface area contributed by atoms with Crippen molar-refractivity contribution < 1.29 is 4.74 Å². The van der Waals surface area contributed by atoms with E-state index in [0.29, 0.717) is 6.04 Å². The molecule has 2 nitrogen and oxygen atoms in total. The van der Waals surface area contributed by atoms with Crippen LogP contribution in [0.3, 0.4) is 0 Å². The number of rotatable bonds is 5.